The van der Waals surface area contributed by atoms with Gasteiger partial charge < -0.3 is 9.88 Å². The van der Waals surface area contributed by atoms with Crippen LogP contribution in [0.25, 0.3) is 10.9 Å². The predicted octanol–water partition coefficient (Wildman–Crippen LogP) is 3.15. The van der Waals surface area contributed by atoms with Crippen LogP contribution in [-0.4, -0.2) is 21.8 Å². The smallest absolute Gasteiger partial charge is 0.240 e. The number of benzene rings is 1. The van der Waals surface area contributed by atoms with E-state index in [1.54, 1.807) is 6.20 Å². The Balaban J connectivity index is 2.36. The van der Waals surface area contributed by atoms with Gasteiger partial charge in [-0.3, -0.25) is 9.59 Å². The molecule has 2 rings (SSSR count). The summed E-state index contributed by atoms with van der Waals surface area (Å²) >= 11 is 0. The third kappa shape index (κ3) is 3.51. The molecule has 0 atom stereocenters. The van der Waals surface area contributed by atoms with E-state index in [4.69, 9.17) is 0 Å². The van der Waals surface area contributed by atoms with E-state index in [2.05, 4.69) is 5.32 Å². The lowest BCUT2D eigenvalue weighted by Gasteiger charge is -2.20. The Morgan fingerprint density at radius 3 is 2.48 bits per heavy atom. The maximum Gasteiger partial charge on any atom is 0.240 e. The summed E-state index contributed by atoms with van der Waals surface area (Å²) in [6.45, 7) is 7.91. The van der Waals surface area contributed by atoms with Crippen molar-refractivity contribution in [1.29, 1.82) is 0 Å². The second-order valence-corrected chi connectivity index (χ2v) is 6.26. The van der Waals surface area contributed by atoms with Crippen LogP contribution in [0, 0.1) is 0 Å². The summed E-state index contributed by atoms with van der Waals surface area (Å²) < 4.78 is 1.85. The lowest BCUT2D eigenvalue weighted by molar-refractivity contribution is -0.123. The van der Waals surface area contributed by atoms with Gasteiger partial charge >= 0.3 is 0 Å². The van der Waals surface area contributed by atoms with Crippen molar-refractivity contribution in [1.82, 2.24) is 9.88 Å². The Morgan fingerprint density at radius 1 is 1.19 bits per heavy atom. The fourth-order valence-corrected chi connectivity index (χ4v) is 2.40. The number of aromatic nitrogens is 1. The number of nitrogens with one attached hydrogen (secondary N) is 1. The summed E-state index contributed by atoms with van der Waals surface area (Å²) in [6, 6.07) is 7.69. The van der Waals surface area contributed by atoms with Crippen LogP contribution in [-0.2, 0) is 11.3 Å². The number of para-hydroxylation sites is 1. The second kappa shape index (κ2) is 5.72. The molecule has 1 amide bonds. The molecular formula is C17H22N2O2. The zero-order valence-electron chi connectivity index (χ0n) is 13.1. The minimum Gasteiger partial charge on any atom is -0.350 e. The van der Waals surface area contributed by atoms with Crippen molar-refractivity contribution < 1.29 is 9.59 Å². The standard InChI is InChI=1S/C17H22N2O2/c1-5-15(20)13-10-19(11-16(21)18-17(2,3)4)14-9-7-6-8-12(13)14/h6-10H,5,11H2,1-4H3,(H,18,21). The first-order valence-corrected chi connectivity index (χ1v) is 7.24. The Bertz CT molecular complexity index is 678. The van der Waals surface area contributed by atoms with Crippen LogP contribution in [0.3, 0.4) is 0 Å². The van der Waals surface area contributed by atoms with Crippen LogP contribution in [0.15, 0.2) is 30.5 Å². The van der Waals surface area contributed by atoms with Crippen molar-refractivity contribution in [2.24, 2.45) is 0 Å². The lowest BCUT2D eigenvalue weighted by atomic mass is 10.1. The summed E-state index contributed by atoms with van der Waals surface area (Å²) in [7, 11) is 0. The molecule has 4 nitrogen and oxygen atoms in total. The molecule has 0 bridgehead atoms. The van der Waals surface area contributed by atoms with Crippen molar-refractivity contribution >= 4 is 22.6 Å². The third-order valence-electron chi connectivity index (χ3n) is 3.24. The average molecular weight is 286 g/mol. The van der Waals surface area contributed by atoms with E-state index in [0.717, 1.165) is 10.9 Å². The number of nitrogens with zero attached hydrogens (tertiary/aromatic N) is 1. The molecule has 0 saturated carbocycles. The molecule has 0 aliphatic rings. The summed E-state index contributed by atoms with van der Waals surface area (Å²) in [5.74, 6) is 0.0416. The van der Waals surface area contributed by atoms with Crippen molar-refractivity contribution in [3.63, 3.8) is 0 Å². The molecular weight excluding hydrogens is 264 g/mol. The monoisotopic (exact) mass is 286 g/mol. The Hall–Kier alpha value is -2.10. The molecule has 0 spiro atoms. The highest BCUT2D eigenvalue weighted by Crippen LogP contribution is 2.22. The largest absolute Gasteiger partial charge is 0.350 e. The topological polar surface area (TPSA) is 51.1 Å². The highest BCUT2D eigenvalue weighted by atomic mass is 16.2. The van der Waals surface area contributed by atoms with E-state index in [0.29, 0.717) is 12.0 Å². The molecule has 112 valence electrons. The minimum atomic E-state index is -0.262. The van der Waals surface area contributed by atoms with Crippen LogP contribution < -0.4 is 5.32 Å². The molecule has 0 unspecified atom stereocenters. The number of fused-ring (bicyclic) bond motifs is 1. The number of ketones is 1. The first-order valence-electron chi connectivity index (χ1n) is 7.24. The van der Waals surface area contributed by atoms with Gasteiger partial charge in [0.25, 0.3) is 0 Å². The van der Waals surface area contributed by atoms with Crippen LogP contribution in [0.5, 0.6) is 0 Å². The number of hydrogen-bond acceptors (Lipinski definition) is 2. The van der Waals surface area contributed by atoms with E-state index >= 15 is 0 Å². The maximum atomic E-state index is 12.1. The van der Waals surface area contributed by atoms with Crippen LogP contribution in [0.4, 0.5) is 0 Å². The van der Waals surface area contributed by atoms with Gasteiger partial charge in [0.15, 0.2) is 5.78 Å². The summed E-state index contributed by atoms with van der Waals surface area (Å²) in [5.41, 5.74) is 1.34. The molecule has 1 N–H and O–H groups in total. The van der Waals surface area contributed by atoms with Crippen molar-refractivity contribution in [2.45, 2.75) is 46.2 Å². The second-order valence-electron chi connectivity index (χ2n) is 6.26. The number of carbonyl (C=O) groups is 2. The molecule has 21 heavy (non-hydrogen) atoms. The SMILES string of the molecule is CCC(=O)c1cn(CC(=O)NC(C)(C)C)c2ccccc12. The molecule has 0 radical (unpaired) electrons. The molecule has 1 aromatic heterocycles. The Labute approximate surface area is 125 Å². The van der Waals surface area contributed by atoms with Gasteiger partial charge in [0, 0.05) is 34.6 Å². The fraction of sp³-hybridized carbons (Fsp3) is 0.412. The first-order chi connectivity index (χ1) is 9.81. The number of rotatable bonds is 4. The normalized spacial score (nSPS) is 11.6. The Kier molecular flexibility index (Phi) is 4.16. The van der Waals surface area contributed by atoms with Crippen molar-refractivity contribution in [2.75, 3.05) is 0 Å². The van der Waals surface area contributed by atoms with Crippen LogP contribution in [0.2, 0.25) is 0 Å². The van der Waals surface area contributed by atoms with E-state index in [1.165, 1.54) is 0 Å². The van der Waals surface area contributed by atoms with Gasteiger partial charge in [0.2, 0.25) is 5.91 Å². The number of amides is 1. The molecule has 2 aromatic rings. The van der Waals surface area contributed by atoms with Crippen molar-refractivity contribution in [3.05, 3.63) is 36.0 Å². The van der Waals surface area contributed by atoms with Gasteiger partial charge in [0.1, 0.15) is 6.54 Å². The van der Waals surface area contributed by atoms with E-state index in [-0.39, 0.29) is 23.8 Å². The van der Waals surface area contributed by atoms with E-state index in [9.17, 15) is 9.59 Å². The van der Waals surface area contributed by atoms with Gasteiger partial charge in [-0.25, -0.2) is 0 Å². The summed E-state index contributed by atoms with van der Waals surface area (Å²) in [4.78, 5) is 24.1. The average Bonchev–Trinajstić information content (AvgIpc) is 2.75. The van der Waals surface area contributed by atoms with Crippen LogP contribution >= 0.6 is 0 Å². The zero-order chi connectivity index (χ0) is 15.6. The number of carbonyl (C=O) groups excluding carboxylic acids is 2. The van der Waals surface area contributed by atoms with E-state index < -0.39 is 0 Å². The fourth-order valence-electron chi connectivity index (χ4n) is 2.40. The third-order valence-corrected chi connectivity index (χ3v) is 3.24. The van der Waals surface area contributed by atoms with Gasteiger partial charge in [-0.15, -0.1) is 0 Å². The predicted molar refractivity (Wildman–Crippen MR) is 84.5 cm³/mol. The maximum absolute atomic E-state index is 12.1. The highest BCUT2D eigenvalue weighted by Gasteiger charge is 2.17. The van der Waals surface area contributed by atoms with Gasteiger partial charge in [-0.05, 0) is 26.8 Å². The van der Waals surface area contributed by atoms with Gasteiger partial charge in [0.05, 0.1) is 0 Å². The minimum absolute atomic E-state index is 0.0567. The molecule has 0 saturated heterocycles. The lowest BCUT2D eigenvalue weighted by Crippen LogP contribution is -2.42. The quantitative estimate of drug-likeness (QED) is 0.878. The van der Waals surface area contributed by atoms with Gasteiger partial charge in [-0.1, -0.05) is 25.1 Å². The first kappa shape index (κ1) is 15.3. The molecule has 4 heteroatoms. The number of Topliss-reactive ketones (excluding diaryl/α,β-unsaturated/α-hetero) is 1. The Morgan fingerprint density at radius 2 is 1.86 bits per heavy atom. The molecule has 0 aliphatic carbocycles. The van der Waals surface area contributed by atoms with Crippen molar-refractivity contribution in [3.8, 4) is 0 Å². The van der Waals surface area contributed by atoms with Crippen LogP contribution in [0.1, 0.15) is 44.5 Å². The van der Waals surface area contributed by atoms with Gasteiger partial charge in [-0.2, -0.15) is 0 Å². The summed E-state index contributed by atoms with van der Waals surface area (Å²) in [6.07, 6.45) is 2.25. The highest BCUT2D eigenvalue weighted by molar-refractivity contribution is 6.08. The molecule has 1 aromatic carbocycles. The molecule has 0 fully saturated rings. The zero-order valence-corrected chi connectivity index (χ0v) is 13.1. The molecule has 1 heterocycles. The van der Waals surface area contributed by atoms with E-state index in [1.807, 2.05) is 56.5 Å². The number of hydrogen-bond donors (Lipinski definition) is 1. The summed E-state index contributed by atoms with van der Waals surface area (Å²) in [5, 5.41) is 3.85. The molecule has 0 aliphatic heterocycles.